The highest BCUT2D eigenvalue weighted by molar-refractivity contribution is 5.85. The number of carbonyl (C=O) groups is 2. The highest BCUT2D eigenvalue weighted by Crippen LogP contribution is 2.37. The van der Waals surface area contributed by atoms with E-state index in [-0.39, 0.29) is 48.6 Å². The van der Waals surface area contributed by atoms with Crippen LogP contribution >= 0.6 is 24.8 Å². The molecule has 27 heavy (non-hydrogen) atoms. The van der Waals surface area contributed by atoms with Gasteiger partial charge in [-0.25, -0.2) is 4.98 Å². The Labute approximate surface area is 172 Å². The SMILES string of the molecule is Cl.Cl.NC(=O)C(CC1CCNCC1)n1ccnc1C1CCC(C(=O)O)CC1. The van der Waals surface area contributed by atoms with Crippen molar-refractivity contribution in [3.63, 3.8) is 0 Å². The lowest BCUT2D eigenvalue weighted by atomic mass is 9.81. The van der Waals surface area contributed by atoms with Crippen LogP contribution in [-0.2, 0) is 9.59 Å². The van der Waals surface area contributed by atoms with Gasteiger partial charge in [-0.15, -0.1) is 24.8 Å². The molecule has 1 saturated carbocycles. The second-order valence-electron chi connectivity index (χ2n) is 7.43. The van der Waals surface area contributed by atoms with E-state index in [9.17, 15) is 9.59 Å². The molecule has 0 spiro atoms. The number of primary amides is 1. The summed E-state index contributed by atoms with van der Waals surface area (Å²) in [5.41, 5.74) is 5.72. The third-order valence-corrected chi connectivity index (χ3v) is 5.82. The molecular formula is C18H30Cl2N4O3. The van der Waals surface area contributed by atoms with E-state index in [1.54, 1.807) is 6.20 Å². The molecule has 2 fully saturated rings. The number of halogens is 2. The molecule has 3 rings (SSSR count). The first-order valence-corrected chi connectivity index (χ1v) is 9.31. The maximum Gasteiger partial charge on any atom is 0.306 e. The van der Waals surface area contributed by atoms with Crippen LogP contribution in [0.25, 0.3) is 0 Å². The minimum Gasteiger partial charge on any atom is -0.481 e. The van der Waals surface area contributed by atoms with Crippen molar-refractivity contribution in [2.45, 2.75) is 56.9 Å². The largest absolute Gasteiger partial charge is 0.481 e. The first-order valence-electron chi connectivity index (χ1n) is 9.31. The number of aromatic nitrogens is 2. The molecule has 0 radical (unpaired) electrons. The summed E-state index contributed by atoms with van der Waals surface area (Å²) >= 11 is 0. The van der Waals surface area contributed by atoms with Crippen molar-refractivity contribution >= 4 is 36.7 Å². The number of nitrogens with one attached hydrogen (secondary N) is 1. The summed E-state index contributed by atoms with van der Waals surface area (Å²) in [5.74, 6) is 0.333. The van der Waals surface area contributed by atoms with E-state index in [0.717, 1.165) is 51.0 Å². The zero-order valence-corrected chi connectivity index (χ0v) is 17.0. The summed E-state index contributed by atoms with van der Waals surface area (Å²) in [6.45, 7) is 1.98. The number of nitrogens with two attached hydrogens (primary N) is 1. The van der Waals surface area contributed by atoms with Gasteiger partial charge in [0, 0.05) is 18.3 Å². The van der Waals surface area contributed by atoms with Gasteiger partial charge in [0.1, 0.15) is 11.9 Å². The standard InChI is InChI=1S/C18H28N4O3.2ClH/c19-16(23)15(11-12-5-7-20-8-6-12)22-10-9-21-17(22)13-1-3-14(4-2-13)18(24)25;;/h9-10,12-15,20H,1-8,11H2,(H2,19,23)(H,24,25);2*1H. The van der Waals surface area contributed by atoms with Gasteiger partial charge in [0.05, 0.1) is 5.92 Å². The fourth-order valence-electron chi connectivity index (χ4n) is 4.30. The lowest BCUT2D eigenvalue weighted by molar-refractivity contribution is -0.142. The molecule has 7 nitrogen and oxygen atoms in total. The van der Waals surface area contributed by atoms with E-state index in [2.05, 4.69) is 10.3 Å². The smallest absolute Gasteiger partial charge is 0.306 e. The molecular weight excluding hydrogens is 391 g/mol. The normalized spacial score (nSPS) is 24.3. The summed E-state index contributed by atoms with van der Waals surface area (Å²) in [6.07, 6.45) is 9.41. The van der Waals surface area contributed by atoms with Crippen LogP contribution in [0.15, 0.2) is 12.4 Å². The van der Waals surface area contributed by atoms with E-state index < -0.39 is 5.97 Å². The molecule has 1 aliphatic carbocycles. The van der Waals surface area contributed by atoms with Gasteiger partial charge in [-0.2, -0.15) is 0 Å². The molecule has 4 N–H and O–H groups in total. The van der Waals surface area contributed by atoms with Crippen LogP contribution in [0.2, 0.25) is 0 Å². The first kappa shape index (κ1) is 23.7. The minimum absolute atomic E-state index is 0. The second-order valence-corrected chi connectivity index (χ2v) is 7.43. The van der Waals surface area contributed by atoms with Crippen molar-refractivity contribution < 1.29 is 14.7 Å². The van der Waals surface area contributed by atoms with Gasteiger partial charge in [0.15, 0.2) is 0 Å². The average Bonchev–Trinajstić information content (AvgIpc) is 3.09. The van der Waals surface area contributed by atoms with Gasteiger partial charge in [0.2, 0.25) is 5.91 Å². The van der Waals surface area contributed by atoms with Crippen LogP contribution in [0.5, 0.6) is 0 Å². The number of rotatable bonds is 6. The Morgan fingerprint density at radius 1 is 1.19 bits per heavy atom. The Bertz CT molecular complexity index is 612. The first-order chi connectivity index (χ1) is 12.1. The molecule has 1 aromatic rings. The van der Waals surface area contributed by atoms with Gasteiger partial charge >= 0.3 is 5.97 Å². The Morgan fingerprint density at radius 3 is 2.37 bits per heavy atom. The number of aliphatic carboxylic acids is 1. The van der Waals surface area contributed by atoms with E-state index in [1.807, 2.05) is 10.8 Å². The van der Waals surface area contributed by atoms with Gasteiger partial charge < -0.3 is 20.7 Å². The molecule has 0 bridgehead atoms. The maximum atomic E-state index is 12.1. The number of carboxylic acids is 1. The molecule has 1 atom stereocenters. The highest BCUT2D eigenvalue weighted by Gasteiger charge is 2.32. The molecule has 1 amide bonds. The molecule has 1 aliphatic heterocycles. The molecule has 1 saturated heterocycles. The number of imidazole rings is 1. The average molecular weight is 421 g/mol. The Hall–Kier alpha value is -1.31. The Balaban J connectivity index is 0.00000182. The lowest BCUT2D eigenvalue weighted by Gasteiger charge is -2.30. The topological polar surface area (TPSA) is 110 Å². The molecule has 2 heterocycles. The lowest BCUT2D eigenvalue weighted by Crippen LogP contribution is -2.34. The molecule has 2 aliphatic rings. The molecule has 9 heteroatoms. The van der Waals surface area contributed by atoms with Gasteiger partial charge in [-0.1, -0.05) is 0 Å². The number of nitrogens with zero attached hydrogens (tertiary/aromatic N) is 2. The fraction of sp³-hybridized carbons (Fsp3) is 0.722. The van der Waals surface area contributed by atoms with Gasteiger partial charge in [-0.05, 0) is 64.0 Å². The number of carboxylic acid groups (broad SMARTS) is 1. The van der Waals surface area contributed by atoms with Crippen LogP contribution in [0.3, 0.4) is 0 Å². The quantitative estimate of drug-likeness (QED) is 0.654. The molecule has 0 aromatic carbocycles. The highest BCUT2D eigenvalue weighted by atomic mass is 35.5. The predicted molar refractivity (Wildman–Crippen MR) is 107 cm³/mol. The number of piperidine rings is 1. The number of carbonyl (C=O) groups excluding carboxylic acids is 1. The predicted octanol–water partition coefficient (Wildman–Crippen LogP) is 2.50. The van der Waals surface area contributed by atoms with E-state index >= 15 is 0 Å². The number of amides is 1. The van der Waals surface area contributed by atoms with Crippen LogP contribution < -0.4 is 11.1 Å². The zero-order chi connectivity index (χ0) is 17.8. The van der Waals surface area contributed by atoms with Crippen LogP contribution in [0.1, 0.15) is 62.7 Å². The fourth-order valence-corrected chi connectivity index (χ4v) is 4.30. The third kappa shape index (κ3) is 5.83. The van der Waals surface area contributed by atoms with Gasteiger partial charge in [0.25, 0.3) is 0 Å². The van der Waals surface area contributed by atoms with Crippen molar-refractivity contribution in [2.75, 3.05) is 13.1 Å². The van der Waals surface area contributed by atoms with Gasteiger partial charge in [-0.3, -0.25) is 9.59 Å². The van der Waals surface area contributed by atoms with Crippen molar-refractivity contribution in [1.82, 2.24) is 14.9 Å². The molecule has 1 unspecified atom stereocenters. The van der Waals surface area contributed by atoms with Crippen molar-refractivity contribution in [2.24, 2.45) is 17.6 Å². The van der Waals surface area contributed by atoms with Crippen molar-refractivity contribution in [3.8, 4) is 0 Å². The number of hydrogen-bond acceptors (Lipinski definition) is 4. The van der Waals surface area contributed by atoms with Crippen molar-refractivity contribution in [1.29, 1.82) is 0 Å². The molecule has 1 aromatic heterocycles. The maximum absolute atomic E-state index is 12.1. The molecule has 154 valence electrons. The summed E-state index contributed by atoms with van der Waals surface area (Å²) < 4.78 is 1.95. The Kier molecular flexibility index (Phi) is 9.56. The van der Waals surface area contributed by atoms with E-state index in [1.165, 1.54) is 0 Å². The Morgan fingerprint density at radius 2 is 1.81 bits per heavy atom. The van der Waals surface area contributed by atoms with Crippen LogP contribution in [-0.4, -0.2) is 39.6 Å². The van der Waals surface area contributed by atoms with E-state index in [4.69, 9.17) is 10.8 Å². The summed E-state index contributed by atoms with van der Waals surface area (Å²) in [5, 5.41) is 12.5. The summed E-state index contributed by atoms with van der Waals surface area (Å²) in [6, 6.07) is -0.363. The van der Waals surface area contributed by atoms with Crippen LogP contribution in [0, 0.1) is 11.8 Å². The van der Waals surface area contributed by atoms with E-state index in [0.29, 0.717) is 18.8 Å². The third-order valence-electron chi connectivity index (χ3n) is 5.82. The summed E-state index contributed by atoms with van der Waals surface area (Å²) in [7, 11) is 0. The monoisotopic (exact) mass is 420 g/mol. The van der Waals surface area contributed by atoms with Crippen molar-refractivity contribution in [3.05, 3.63) is 18.2 Å². The second kappa shape index (κ2) is 10.9. The number of hydrogen-bond donors (Lipinski definition) is 3. The minimum atomic E-state index is -0.706. The van der Waals surface area contributed by atoms with Crippen LogP contribution in [0.4, 0.5) is 0 Å². The summed E-state index contributed by atoms with van der Waals surface area (Å²) in [4.78, 5) is 27.8. The zero-order valence-electron chi connectivity index (χ0n) is 15.4.